The van der Waals surface area contributed by atoms with Gasteiger partial charge in [0.15, 0.2) is 5.78 Å². The SMILES string of the molecule is COc1cccc(-c2csc(C(=O)/C=C/c3ccccc3)c2)c1. The second-order valence-electron chi connectivity index (χ2n) is 5.04. The smallest absolute Gasteiger partial charge is 0.195 e. The molecule has 3 aromatic rings. The average molecular weight is 320 g/mol. The van der Waals surface area contributed by atoms with Gasteiger partial charge in [-0.25, -0.2) is 0 Å². The summed E-state index contributed by atoms with van der Waals surface area (Å²) in [5.41, 5.74) is 3.10. The van der Waals surface area contributed by atoms with Crippen molar-refractivity contribution in [1.29, 1.82) is 0 Å². The Labute approximate surface area is 139 Å². The van der Waals surface area contributed by atoms with E-state index in [2.05, 4.69) is 0 Å². The maximum Gasteiger partial charge on any atom is 0.195 e. The lowest BCUT2D eigenvalue weighted by Crippen LogP contribution is -1.89. The zero-order valence-corrected chi connectivity index (χ0v) is 13.5. The lowest BCUT2D eigenvalue weighted by molar-refractivity contribution is 0.105. The lowest BCUT2D eigenvalue weighted by Gasteiger charge is -2.01. The third-order valence-corrected chi connectivity index (χ3v) is 4.42. The van der Waals surface area contributed by atoms with E-state index in [1.807, 2.05) is 72.1 Å². The van der Waals surface area contributed by atoms with Crippen LogP contribution in [0.1, 0.15) is 15.2 Å². The number of benzene rings is 2. The van der Waals surface area contributed by atoms with Crippen LogP contribution in [0.3, 0.4) is 0 Å². The average Bonchev–Trinajstić information content (AvgIpc) is 3.11. The first-order valence-corrected chi connectivity index (χ1v) is 8.14. The maximum absolute atomic E-state index is 12.3. The van der Waals surface area contributed by atoms with E-state index in [1.54, 1.807) is 13.2 Å². The summed E-state index contributed by atoms with van der Waals surface area (Å²) in [6, 6.07) is 19.6. The summed E-state index contributed by atoms with van der Waals surface area (Å²) in [6.45, 7) is 0. The van der Waals surface area contributed by atoms with Crippen LogP contribution in [0.5, 0.6) is 5.75 Å². The summed E-state index contributed by atoms with van der Waals surface area (Å²) < 4.78 is 5.24. The van der Waals surface area contributed by atoms with E-state index in [-0.39, 0.29) is 5.78 Å². The monoisotopic (exact) mass is 320 g/mol. The maximum atomic E-state index is 12.3. The van der Waals surface area contributed by atoms with E-state index in [0.29, 0.717) is 0 Å². The highest BCUT2D eigenvalue weighted by molar-refractivity contribution is 7.12. The number of ether oxygens (including phenoxy) is 1. The van der Waals surface area contributed by atoms with Crippen LogP contribution in [0.4, 0.5) is 0 Å². The zero-order valence-electron chi connectivity index (χ0n) is 12.7. The molecular formula is C20H16O2S. The Balaban J connectivity index is 1.78. The van der Waals surface area contributed by atoms with Gasteiger partial charge in [-0.1, -0.05) is 48.5 Å². The van der Waals surface area contributed by atoms with E-state index in [1.165, 1.54) is 11.3 Å². The van der Waals surface area contributed by atoms with Gasteiger partial charge < -0.3 is 4.74 Å². The third-order valence-electron chi connectivity index (χ3n) is 3.47. The van der Waals surface area contributed by atoms with Crippen LogP contribution in [0, 0.1) is 0 Å². The van der Waals surface area contributed by atoms with Crippen molar-refractivity contribution < 1.29 is 9.53 Å². The van der Waals surface area contributed by atoms with Crippen molar-refractivity contribution in [3.05, 3.63) is 82.6 Å². The van der Waals surface area contributed by atoms with Gasteiger partial charge in [-0.3, -0.25) is 4.79 Å². The Morgan fingerprint density at radius 3 is 2.61 bits per heavy atom. The molecule has 2 aromatic carbocycles. The van der Waals surface area contributed by atoms with Gasteiger partial charge in [-0.2, -0.15) is 0 Å². The van der Waals surface area contributed by atoms with Crippen LogP contribution in [-0.4, -0.2) is 12.9 Å². The minimum absolute atomic E-state index is 0.0213. The molecule has 0 N–H and O–H groups in total. The van der Waals surface area contributed by atoms with Gasteiger partial charge in [0.05, 0.1) is 12.0 Å². The quantitative estimate of drug-likeness (QED) is 0.470. The molecule has 1 heterocycles. The van der Waals surface area contributed by atoms with Crippen molar-refractivity contribution >= 4 is 23.2 Å². The predicted octanol–water partition coefficient (Wildman–Crippen LogP) is 5.32. The molecule has 0 saturated heterocycles. The first-order chi connectivity index (χ1) is 11.3. The highest BCUT2D eigenvalue weighted by Gasteiger charge is 2.08. The first kappa shape index (κ1) is 15.3. The second-order valence-corrected chi connectivity index (χ2v) is 5.95. The number of ketones is 1. The zero-order chi connectivity index (χ0) is 16.1. The molecule has 0 amide bonds. The number of carbonyl (C=O) groups excluding carboxylic acids is 1. The first-order valence-electron chi connectivity index (χ1n) is 7.27. The summed E-state index contributed by atoms with van der Waals surface area (Å²) in [4.78, 5) is 13.0. The summed E-state index contributed by atoms with van der Waals surface area (Å²) in [5, 5.41) is 2.00. The molecule has 0 unspecified atom stereocenters. The van der Waals surface area contributed by atoms with E-state index in [0.717, 1.165) is 27.3 Å². The molecule has 3 heteroatoms. The number of thiophene rings is 1. The molecule has 0 spiro atoms. The van der Waals surface area contributed by atoms with E-state index < -0.39 is 0 Å². The van der Waals surface area contributed by atoms with Gasteiger partial charge in [-0.05, 0) is 46.3 Å². The Morgan fingerprint density at radius 2 is 1.83 bits per heavy atom. The van der Waals surface area contributed by atoms with Crippen LogP contribution in [0.2, 0.25) is 0 Å². The minimum atomic E-state index is 0.0213. The fourth-order valence-corrected chi connectivity index (χ4v) is 3.07. The van der Waals surface area contributed by atoms with Crippen molar-refractivity contribution in [2.24, 2.45) is 0 Å². The normalized spacial score (nSPS) is 10.8. The van der Waals surface area contributed by atoms with Gasteiger partial charge in [0.2, 0.25) is 0 Å². The molecule has 0 aliphatic heterocycles. The molecule has 0 aliphatic rings. The van der Waals surface area contributed by atoms with E-state index in [4.69, 9.17) is 4.74 Å². The number of hydrogen-bond donors (Lipinski definition) is 0. The van der Waals surface area contributed by atoms with Crippen LogP contribution < -0.4 is 4.74 Å². The van der Waals surface area contributed by atoms with Crippen LogP contribution in [0.25, 0.3) is 17.2 Å². The van der Waals surface area contributed by atoms with Crippen molar-refractivity contribution in [3.8, 4) is 16.9 Å². The lowest BCUT2D eigenvalue weighted by atomic mass is 10.1. The third kappa shape index (κ3) is 3.76. The Hall–Kier alpha value is -2.65. The molecule has 3 rings (SSSR count). The number of allylic oxidation sites excluding steroid dienone is 1. The summed E-state index contributed by atoms with van der Waals surface area (Å²) >= 11 is 1.46. The van der Waals surface area contributed by atoms with E-state index >= 15 is 0 Å². The van der Waals surface area contributed by atoms with Gasteiger partial charge in [0.25, 0.3) is 0 Å². The predicted molar refractivity (Wildman–Crippen MR) is 96.1 cm³/mol. The molecule has 0 fully saturated rings. The van der Waals surface area contributed by atoms with Crippen LogP contribution in [-0.2, 0) is 0 Å². The molecule has 114 valence electrons. The molecule has 0 bridgehead atoms. The summed E-state index contributed by atoms with van der Waals surface area (Å²) in [5.74, 6) is 0.832. The van der Waals surface area contributed by atoms with Crippen molar-refractivity contribution in [3.63, 3.8) is 0 Å². The van der Waals surface area contributed by atoms with E-state index in [9.17, 15) is 4.79 Å². The Bertz CT molecular complexity index is 832. The molecular weight excluding hydrogens is 304 g/mol. The van der Waals surface area contributed by atoms with Crippen molar-refractivity contribution in [2.45, 2.75) is 0 Å². The van der Waals surface area contributed by atoms with Gasteiger partial charge in [0, 0.05) is 0 Å². The topological polar surface area (TPSA) is 26.3 Å². The Kier molecular flexibility index (Phi) is 4.69. The molecule has 0 saturated carbocycles. The Morgan fingerprint density at radius 1 is 1.00 bits per heavy atom. The van der Waals surface area contributed by atoms with Gasteiger partial charge in [0.1, 0.15) is 5.75 Å². The van der Waals surface area contributed by atoms with Crippen molar-refractivity contribution in [1.82, 2.24) is 0 Å². The second kappa shape index (κ2) is 7.07. The van der Waals surface area contributed by atoms with Gasteiger partial charge >= 0.3 is 0 Å². The van der Waals surface area contributed by atoms with Gasteiger partial charge in [-0.15, -0.1) is 11.3 Å². The number of methoxy groups -OCH3 is 1. The number of carbonyl (C=O) groups is 1. The molecule has 23 heavy (non-hydrogen) atoms. The van der Waals surface area contributed by atoms with Crippen molar-refractivity contribution in [2.75, 3.05) is 7.11 Å². The van der Waals surface area contributed by atoms with Crippen LogP contribution in [0.15, 0.2) is 72.1 Å². The minimum Gasteiger partial charge on any atom is -0.497 e. The molecule has 0 atom stereocenters. The highest BCUT2D eigenvalue weighted by atomic mass is 32.1. The summed E-state index contributed by atoms with van der Waals surface area (Å²) in [7, 11) is 1.65. The number of rotatable bonds is 5. The molecule has 1 aromatic heterocycles. The standard InChI is InChI=1S/C20H16O2S/c1-22-18-9-5-8-16(12-18)17-13-20(23-14-17)19(21)11-10-15-6-3-2-4-7-15/h2-14H,1H3/b11-10+. The number of hydrogen-bond acceptors (Lipinski definition) is 3. The molecule has 2 nitrogen and oxygen atoms in total. The largest absolute Gasteiger partial charge is 0.497 e. The molecule has 0 aliphatic carbocycles. The summed E-state index contributed by atoms with van der Waals surface area (Å²) in [6.07, 6.45) is 3.46. The van der Waals surface area contributed by atoms with Crippen LogP contribution >= 0.6 is 11.3 Å². The molecule has 0 radical (unpaired) electrons. The fraction of sp³-hybridized carbons (Fsp3) is 0.0500. The highest BCUT2D eigenvalue weighted by Crippen LogP contribution is 2.28. The fourth-order valence-electron chi connectivity index (χ4n) is 2.24.